The van der Waals surface area contributed by atoms with Crippen LogP contribution in [0.5, 0.6) is 0 Å². The number of hydrogen-bond donors (Lipinski definition) is 1. The zero-order valence-electron chi connectivity index (χ0n) is 8.19. The van der Waals surface area contributed by atoms with Crippen molar-refractivity contribution in [1.82, 2.24) is 9.78 Å². The lowest BCUT2D eigenvalue weighted by atomic mass is 10.1. The Morgan fingerprint density at radius 1 is 1.33 bits per heavy atom. The Hall–Kier alpha value is -2.28. The summed E-state index contributed by atoms with van der Waals surface area (Å²) >= 11 is 0. The maximum Gasteiger partial charge on any atom is 0.284 e. The van der Waals surface area contributed by atoms with E-state index in [-0.39, 0.29) is 11.1 Å². The van der Waals surface area contributed by atoms with Gasteiger partial charge in [-0.3, -0.25) is 14.6 Å². The molecule has 0 aliphatic heterocycles. The van der Waals surface area contributed by atoms with Gasteiger partial charge in [-0.1, -0.05) is 30.3 Å². The van der Waals surface area contributed by atoms with Crippen molar-refractivity contribution < 1.29 is 0 Å². The molecule has 2 aromatic rings. The molecule has 0 unspecified atom stereocenters. The minimum Gasteiger partial charge on any atom is -0.294 e. The molecule has 4 nitrogen and oxygen atoms in total. The van der Waals surface area contributed by atoms with Gasteiger partial charge in [-0.25, -0.2) is 0 Å². The van der Waals surface area contributed by atoms with E-state index in [4.69, 9.17) is 5.26 Å². The average Bonchev–Trinajstić information content (AvgIpc) is 2.56. The minimum atomic E-state index is -0.295. The molecular formula is C11H9N3O. The summed E-state index contributed by atoms with van der Waals surface area (Å²) in [5.74, 6) is 0. The zero-order chi connectivity index (χ0) is 10.8. The maximum atomic E-state index is 11.5. The summed E-state index contributed by atoms with van der Waals surface area (Å²) in [5.41, 5.74) is 1.28. The Morgan fingerprint density at radius 2 is 2.00 bits per heavy atom. The number of rotatable bonds is 1. The molecule has 0 saturated heterocycles. The summed E-state index contributed by atoms with van der Waals surface area (Å²) in [5, 5.41) is 11.8. The first kappa shape index (κ1) is 9.28. The van der Waals surface area contributed by atoms with E-state index in [0.717, 1.165) is 5.56 Å². The van der Waals surface area contributed by atoms with E-state index >= 15 is 0 Å². The third-order valence-corrected chi connectivity index (χ3v) is 2.22. The number of aryl methyl sites for hydroxylation is 1. The molecule has 2 rings (SSSR count). The van der Waals surface area contributed by atoms with Crippen molar-refractivity contribution in [3.63, 3.8) is 0 Å². The topological polar surface area (TPSA) is 61.6 Å². The lowest BCUT2D eigenvalue weighted by Crippen LogP contribution is -2.13. The monoisotopic (exact) mass is 199 g/mol. The molecule has 4 heteroatoms. The van der Waals surface area contributed by atoms with E-state index in [9.17, 15) is 4.79 Å². The Bertz CT molecular complexity index is 572. The van der Waals surface area contributed by atoms with Crippen molar-refractivity contribution in [3.8, 4) is 17.3 Å². The van der Waals surface area contributed by atoms with E-state index < -0.39 is 0 Å². The predicted molar refractivity (Wildman–Crippen MR) is 56.2 cm³/mol. The van der Waals surface area contributed by atoms with Gasteiger partial charge in [0.1, 0.15) is 11.6 Å². The first-order valence-corrected chi connectivity index (χ1v) is 4.48. The van der Waals surface area contributed by atoms with Crippen LogP contribution in [0.3, 0.4) is 0 Å². The van der Waals surface area contributed by atoms with Gasteiger partial charge in [0.2, 0.25) is 0 Å². The number of aromatic nitrogens is 2. The van der Waals surface area contributed by atoms with Gasteiger partial charge in [-0.15, -0.1) is 0 Å². The molecular weight excluding hydrogens is 190 g/mol. The molecule has 74 valence electrons. The third kappa shape index (κ3) is 1.44. The van der Waals surface area contributed by atoms with Crippen LogP contribution in [0, 0.1) is 11.3 Å². The van der Waals surface area contributed by atoms with E-state index in [1.165, 1.54) is 4.68 Å². The molecule has 15 heavy (non-hydrogen) atoms. The highest BCUT2D eigenvalue weighted by Crippen LogP contribution is 2.17. The molecule has 0 saturated carbocycles. The summed E-state index contributed by atoms with van der Waals surface area (Å²) in [6, 6.07) is 11.2. The SMILES string of the molecule is Cn1[nH]c(-c2ccccc2)c(C#N)c1=O. The van der Waals surface area contributed by atoms with Crippen LogP contribution in [-0.2, 0) is 7.05 Å². The molecule has 1 heterocycles. The van der Waals surface area contributed by atoms with Crippen molar-refractivity contribution in [2.75, 3.05) is 0 Å². The lowest BCUT2D eigenvalue weighted by molar-refractivity contribution is 0.742. The largest absolute Gasteiger partial charge is 0.294 e. The van der Waals surface area contributed by atoms with Crippen LogP contribution in [0.1, 0.15) is 5.56 Å². The van der Waals surface area contributed by atoms with Gasteiger partial charge in [0.15, 0.2) is 0 Å². The van der Waals surface area contributed by atoms with Crippen molar-refractivity contribution >= 4 is 0 Å². The first-order valence-electron chi connectivity index (χ1n) is 4.48. The first-order chi connectivity index (χ1) is 7.24. The summed E-state index contributed by atoms with van der Waals surface area (Å²) < 4.78 is 1.31. The maximum absolute atomic E-state index is 11.5. The van der Waals surface area contributed by atoms with Gasteiger partial charge in [-0.05, 0) is 0 Å². The van der Waals surface area contributed by atoms with Crippen LogP contribution >= 0.6 is 0 Å². The second-order valence-corrected chi connectivity index (χ2v) is 3.20. The minimum absolute atomic E-state index is 0.156. The molecule has 1 N–H and O–H groups in total. The Kier molecular flexibility index (Phi) is 2.14. The van der Waals surface area contributed by atoms with Crippen LogP contribution < -0.4 is 5.56 Å². The average molecular weight is 199 g/mol. The zero-order valence-corrected chi connectivity index (χ0v) is 8.19. The molecule has 0 spiro atoms. The number of hydrogen-bond acceptors (Lipinski definition) is 2. The molecule has 0 radical (unpaired) electrons. The molecule has 0 aliphatic rings. The number of nitrogens with one attached hydrogen (secondary N) is 1. The number of benzene rings is 1. The predicted octanol–water partition coefficient (Wildman–Crippen LogP) is 1.25. The van der Waals surface area contributed by atoms with Crippen LogP contribution in [-0.4, -0.2) is 9.78 Å². The van der Waals surface area contributed by atoms with Crippen LogP contribution in [0.4, 0.5) is 0 Å². The van der Waals surface area contributed by atoms with Crippen molar-refractivity contribution in [3.05, 3.63) is 46.2 Å². The molecule has 0 bridgehead atoms. The van der Waals surface area contributed by atoms with Gasteiger partial charge in [0, 0.05) is 12.6 Å². The van der Waals surface area contributed by atoms with Gasteiger partial charge in [-0.2, -0.15) is 5.26 Å². The third-order valence-electron chi connectivity index (χ3n) is 2.22. The highest BCUT2D eigenvalue weighted by Gasteiger charge is 2.12. The number of nitriles is 1. The van der Waals surface area contributed by atoms with Crippen molar-refractivity contribution in [2.45, 2.75) is 0 Å². The highest BCUT2D eigenvalue weighted by molar-refractivity contribution is 5.65. The fraction of sp³-hybridized carbons (Fsp3) is 0.0909. The lowest BCUT2D eigenvalue weighted by Gasteiger charge is -1.96. The quantitative estimate of drug-likeness (QED) is 0.751. The van der Waals surface area contributed by atoms with Gasteiger partial charge in [0.25, 0.3) is 5.56 Å². The Morgan fingerprint density at radius 3 is 2.60 bits per heavy atom. The van der Waals surface area contributed by atoms with Gasteiger partial charge in [0.05, 0.1) is 5.69 Å². The van der Waals surface area contributed by atoms with Gasteiger partial charge < -0.3 is 0 Å². The van der Waals surface area contributed by atoms with Crippen molar-refractivity contribution in [2.24, 2.45) is 7.05 Å². The molecule has 0 amide bonds. The summed E-state index contributed by atoms with van der Waals surface area (Å²) in [4.78, 5) is 11.5. The van der Waals surface area contributed by atoms with Gasteiger partial charge >= 0.3 is 0 Å². The second kappa shape index (κ2) is 3.46. The number of H-pyrrole nitrogens is 1. The number of aromatic amines is 1. The van der Waals surface area contributed by atoms with E-state index in [2.05, 4.69) is 5.10 Å². The molecule has 1 aromatic heterocycles. The van der Waals surface area contributed by atoms with Crippen LogP contribution in [0.2, 0.25) is 0 Å². The molecule has 0 atom stereocenters. The normalized spacial score (nSPS) is 9.87. The Labute approximate surface area is 86.4 Å². The summed E-state index contributed by atoms with van der Waals surface area (Å²) in [6.45, 7) is 0. The fourth-order valence-corrected chi connectivity index (χ4v) is 1.47. The number of nitrogens with zero attached hydrogens (tertiary/aromatic N) is 2. The summed E-state index contributed by atoms with van der Waals surface area (Å²) in [7, 11) is 1.59. The smallest absolute Gasteiger partial charge is 0.284 e. The van der Waals surface area contributed by atoms with E-state index in [0.29, 0.717) is 5.69 Å². The molecule has 0 aliphatic carbocycles. The molecule has 1 aromatic carbocycles. The van der Waals surface area contributed by atoms with E-state index in [1.807, 2.05) is 36.4 Å². The standard InChI is InChI=1S/C11H9N3O/c1-14-11(15)9(7-12)10(13-14)8-5-3-2-4-6-8/h2-6,13H,1H3. The molecule has 0 fully saturated rings. The van der Waals surface area contributed by atoms with Crippen molar-refractivity contribution in [1.29, 1.82) is 5.26 Å². The fourth-order valence-electron chi connectivity index (χ4n) is 1.47. The Balaban J connectivity index is 2.71. The van der Waals surface area contributed by atoms with Crippen LogP contribution in [0.15, 0.2) is 35.1 Å². The second-order valence-electron chi connectivity index (χ2n) is 3.20. The van der Waals surface area contributed by atoms with Crippen LogP contribution in [0.25, 0.3) is 11.3 Å². The highest BCUT2D eigenvalue weighted by atomic mass is 16.1. The summed E-state index contributed by atoms with van der Waals surface area (Å²) in [6.07, 6.45) is 0. The van der Waals surface area contributed by atoms with E-state index in [1.54, 1.807) is 7.05 Å².